The van der Waals surface area contributed by atoms with Gasteiger partial charge in [-0.3, -0.25) is 0 Å². The van der Waals surface area contributed by atoms with Gasteiger partial charge in [0.15, 0.2) is 0 Å². The van der Waals surface area contributed by atoms with E-state index in [1.54, 1.807) is 0 Å². The summed E-state index contributed by atoms with van der Waals surface area (Å²) in [6.07, 6.45) is 2.46. The molecule has 1 aromatic rings. The summed E-state index contributed by atoms with van der Waals surface area (Å²) in [5, 5.41) is 10.3. The molecule has 1 aromatic heterocycles. The molecule has 0 atom stereocenters. The minimum absolute atomic E-state index is 0.446. The predicted molar refractivity (Wildman–Crippen MR) is 29.7 cm³/mol. The minimum Gasteiger partial charge on any atom is -0.711 e. The fourth-order valence-corrected chi connectivity index (χ4v) is 0.453. The SMILES string of the molecule is COc1cc[n+]([O-])cn1. The highest BCUT2D eigenvalue weighted by molar-refractivity contribution is 5.01. The zero-order valence-electron chi connectivity index (χ0n) is 4.94. The van der Waals surface area contributed by atoms with Gasteiger partial charge in [0.1, 0.15) is 6.20 Å². The topological polar surface area (TPSA) is 49.1 Å². The Labute approximate surface area is 52.3 Å². The first-order valence-electron chi connectivity index (χ1n) is 2.42. The van der Waals surface area contributed by atoms with Crippen LogP contribution >= 0.6 is 0 Å². The van der Waals surface area contributed by atoms with Gasteiger partial charge in [-0.25, -0.2) is 4.73 Å². The smallest absolute Gasteiger partial charge is 0.331 e. The van der Waals surface area contributed by atoms with Crippen molar-refractivity contribution in [2.45, 2.75) is 0 Å². The molecule has 0 fully saturated rings. The van der Waals surface area contributed by atoms with E-state index in [1.807, 2.05) is 0 Å². The van der Waals surface area contributed by atoms with Crippen molar-refractivity contribution < 1.29 is 9.47 Å². The molecule has 0 aromatic carbocycles. The Morgan fingerprint density at radius 3 is 3.00 bits per heavy atom. The number of methoxy groups -OCH3 is 1. The van der Waals surface area contributed by atoms with Crippen molar-refractivity contribution in [2.24, 2.45) is 0 Å². The third-order valence-corrected chi connectivity index (χ3v) is 0.872. The van der Waals surface area contributed by atoms with Crippen LogP contribution in [0.5, 0.6) is 5.88 Å². The van der Waals surface area contributed by atoms with Crippen LogP contribution in [-0.2, 0) is 0 Å². The zero-order chi connectivity index (χ0) is 6.69. The molecule has 0 radical (unpaired) electrons. The maximum atomic E-state index is 10.3. The van der Waals surface area contributed by atoms with Crippen LogP contribution in [-0.4, -0.2) is 12.1 Å². The van der Waals surface area contributed by atoms with E-state index >= 15 is 0 Å². The fourth-order valence-electron chi connectivity index (χ4n) is 0.453. The molecule has 0 amide bonds. The number of aromatic nitrogens is 2. The average molecular weight is 126 g/mol. The van der Waals surface area contributed by atoms with Gasteiger partial charge in [-0.15, -0.1) is 0 Å². The molecule has 9 heavy (non-hydrogen) atoms. The summed E-state index contributed by atoms with van der Waals surface area (Å²) in [5.41, 5.74) is 0. The largest absolute Gasteiger partial charge is 0.711 e. The third kappa shape index (κ3) is 1.28. The van der Waals surface area contributed by atoms with Crippen molar-refractivity contribution in [3.8, 4) is 5.88 Å². The van der Waals surface area contributed by atoms with E-state index in [4.69, 9.17) is 4.74 Å². The Morgan fingerprint density at radius 1 is 1.78 bits per heavy atom. The lowest BCUT2D eigenvalue weighted by molar-refractivity contribution is -0.608. The summed E-state index contributed by atoms with van der Waals surface area (Å²) in [7, 11) is 1.50. The van der Waals surface area contributed by atoms with Crippen molar-refractivity contribution in [2.75, 3.05) is 7.11 Å². The second-order valence-electron chi connectivity index (χ2n) is 1.46. The van der Waals surface area contributed by atoms with Crippen LogP contribution in [0.25, 0.3) is 0 Å². The number of nitrogens with zero attached hydrogens (tertiary/aromatic N) is 2. The molecule has 0 unspecified atom stereocenters. The molecule has 1 heterocycles. The Bertz CT molecular complexity index is 185. The van der Waals surface area contributed by atoms with E-state index in [0.717, 1.165) is 6.33 Å². The van der Waals surface area contributed by atoms with E-state index in [2.05, 4.69) is 4.98 Å². The summed E-state index contributed by atoms with van der Waals surface area (Å²) in [5.74, 6) is 0.446. The molecule has 0 saturated heterocycles. The summed E-state index contributed by atoms with van der Waals surface area (Å²) in [4.78, 5) is 3.62. The van der Waals surface area contributed by atoms with Crippen LogP contribution in [0.3, 0.4) is 0 Å². The van der Waals surface area contributed by atoms with Crippen molar-refractivity contribution in [1.82, 2.24) is 4.98 Å². The Hall–Kier alpha value is -1.32. The van der Waals surface area contributed by atoms with Gasteiger partial charge in [-0.1, -0.05) is 0 Å². The highest BCUT2D eigenvalue weighted by atomic mass is 16.5. The summed E-state index contributed by atoms with van der Waals surface area (Å²) in [6.45, 7) is 0. The van der Waals surface area contributed by atoms with Gasteiger partial charge < -0.3 is 9.94 Å². The molecular formula is C5H6N2O2. The maximum Gasteiger partial charge on any atom is 0.331 e. The number of hydrogen-bond acceptors (Lipinski definition) is 3. The van der Waals surface area contributed by atoms with Gasteiger partial charge >= 0.3 is 5.88 Å². The highest BCUT2D eigenvalue weighted by Crippen LogP contribution is 1.96. The van der Waals surface area contributed by atoms with Crippen LogP contribution in [0.2, 0.25) is 0 Å². The quantitative estimate of drug-likeness (QED) is 0.384. The fraction of sp³-hybridized carbons (Fsp3) is 0.200. The van der Waals surface area contributed by atoms with Crippen LogP contribution < -0.4 is 9.47 Å². The molecule has 4 heteroatoms. The van der Waals surface area contributed by atoms with Crippen molar-refractivity contribution in [1.29, 1.82) is 0 Å². The van der Waals surface area contributed by atoms with Gasteiger partial charge in [-0.2, -0.15) is 0 Å². The summed E-state index contributed by atoms with van der Waals surface area (Å²) in [6, 6.07) is 1.49. The van der Waals surface area contributed by atoms with E-state index in [9.17, 15) is 5.21 Å². The first kappa shape index (κ1) is 5.81. The second kappa shape index (κ2) is 2.30. The number of hydrogen-bond donors (Lipinski definition) is 0. The normalized spacial score (nSPS) is 9.00. The molecular weight excluding hydrogens is 120 g/mol. The Kier molecular flexibility index (Phi) is 1.48. The van der Waals surface area contributed by atoms with E-state index in [0.29, 0.717) is 10.6 Å². The molecule has 0 spiro atoms. The predicted octanol–water partition coefficient (Wildman–Crippen LogP) is -0.276. The molecule has 1 rings (SSSR count). The van der Waals surface area contributed by atoms with Crippen LogP contribution in [0, 0.1) is 5.21 Å². The zero-order valence-corrected chi connectivity index (χ0v) is 4.94. The average Bonchev–Trinajstić information content (AvgIpc) is 1.90. The van der Waals surface area contributed by atoms with E-state index in [1.165, 1.54) is 19.4 Å². The van der Waals surface area contributed by atoms with E-state index in [-0.39, 0.29) is 0 Å². The van der Waals surface area contributed by atoms with E-state index < -0.39 is 0 Å². The van der Waals surface area contributed by atoms with Crippen LogP contribution in [0.4, 0.5) is 0 Å². The lowest BCUT2D eigenvalue weighted by atomic mass is 10.6. The van der Waals surface area contributed by atoms with Gasteiger partial charge in [0, 0.05) is 0 Å². The lowest BCUT2D eigenvalue weighted by Gasteiger charge is -1.96. The maximum absolute atomic E-state index is 10.3. The molecule has 0 N–H and O–H groups in total. The number of rotatable bonds is 1. The molecule has 0 aliphatic carbocycles. The molecule has 48 valence electrons. The van der Waals surface area contributed by atoms with Crippen molar-refractivity contribution >= 4 is 0 Å². The van der Waals surface area contributed by atoms with Gasteiger partial charge in [0.05, 0.1) is 13.2 Å². The molecule has 0 bridgehead atoms. The molecule has 0 aliphatic rings. The van der Waals surface area contributed by atoms with Crippen molar-refractivity contribution in [3.63, 3.8) is 0 Å². The Balaban J connectivity index is 2.88. The first-order chi connectivity index (χ1) is 4.33. The van der Waals surface area contributed by atoms with Gasteiger partial charge in [0.2, 0.25) is 0 Å². The standard InChI is InChI=1S/C5H6N2O2/c1-9-5-2-3-7(8)4-6-5/h2-4H,1H3. The minimum atomic E-state index is 0.446. The van der Waals surface area contributed by atoms with Crippen LogP contribution in [0.15, 0.2) is 18.6 Å². The second-order valence-corrected chi connectivity index (χ2v) is 1.46. The lowest BCUT2D eigenvalue weighted by Crippen LogP contribution is -2.24. The Morgan fingerprint density at radius 2 is 2.56 bits per heavy atom. The summed E-state index contributed by atoms with van der Waals surface area (Å²) < 4.78 is 5.31. The van der Waals surface area contributed by atoms with Gasteiger partial charge in [0.25, 0.3) is 6.33 Å². The first-order valence-corrected chi connectivity index (χ1v) is 2.42. The summed E-state index contributed by atoms with van der Waals surface area (Å²) >= 11 is 0. The van der Waals surface area contributed by atoms with Crippen LogP contribution in [0.1, 0.15) is 0 Å². The van der Waals surface area contributed by atoms with Crippen molar-refractivity contribution in [3.05, 3.63) is 23.8 Å². The molecule has 4 nitrogen and oxygen atoms in total. The number of ether oxygens (including phenoxy) is 1. The van der Waals surface area contributed by atoms with Gasteiger partial charge in [-0.05, 0) is 4.98 Å². The molecule has 0 saturated carbocycles. The third-order valence-electron chi connectivity index (χ3n) is 0.872. The molecule has 0 aliphatic heterocycles. The monoisotopic (exact) mass is 126 g/mol. The highest BCUT2D eigenvalue weighted by Gasteiger charge is 1.94.